The van der Waals surface area contributed by atoms with Crippen LogP contribution in [0.15, 0.2) is 42.0 Å². The van der Waals surface area contributed by atoms with Crippen molar-refractivity contribution in [2.75, 3.05) is 0 Å². The zero-order valence-corrected chi connectivity index (χ0v) is 10.7. The van der Waals surface area contributed by atoms with Gasteiger partial charge in [0.05, 0.1) is 7.05 Å². The third-order valence-electron chi connectivity index (χ3n) is 3.02. The minimum Gasteiger partial charge on any atom is -0.384 e. The van der Waals surface area contributed by atoms with Crippen LogP contribution in [0.1, 0.15) is 5.56 Å². The molecule has 3 aromatic rings. The van der Waals surface area contributed by atoms with E-state index in [0.717, 1.165) is 16.8 Å². The number of nitrogens with zero attached hydrogens (tertiary/aromatic N) is 2. The number of aromatic nitrogens is 2. The van der Waals surface area contributed by atoms with Crippen LogP contribution in [0.5, 0.6) is 0 Å². The van der Waals surface area contributed by atoms with Crippen LogP contribution in [0, 0.1) is 5.41 Å². The smallest absolute Gasteiger partial charge is 0.345 e. The maximum Gasteiger partial charge on any atom is 0.345 e. The number of hydrogen-bond acceptors (Lipinski definition) is 2. The molecular weight excluding hydrogens is 244 g/mol. The van der Waals surface area contributed by atoms with Crippen molar-refractivity contribution in [1.82, 2.24) is 4.57 Å². The molecule has 0 aliphatic rings. The molecule has 0 bridgehead atoms. The van der Waals surface area contributed by atoms with Crippen LogP contribution in [-0.4, -0.2) is 10.4 Å². The summed E-state index contributed by atoms with van der Waals surface area (Å²) in [6, 6.07) is 7.75. The monoisotopic (exact) mass is 257 g/mol. The molecule has 1 aromatic carbocycles. The lowest BCUT2D eigenvalue weighted by Gasteiger charge is -2.00. The Labute approximate surface area is 108 Å². The first-order chi connectivity index (χ1) is 8.66. The van der Waals surface area contributed by atoms with Gasteiger partial charge in [-0.15, -0.1) is 0 Å². The predicted molar refractivity (Wildman–Crippen MR) is 72.9 cm³/mol. The maximum atomic E-state index is 7.39. The van der Waals surface area contributed by atoms with Crippen molar-refractivity contribution in [1.29, 1.82) is 5.41 Å². The first-order valence-electron chi connectivity index (χ1n) is 5.56. The van der Waals surface area contributed by atoms with Crippen LogP contribution in [-0.2, 0) is 7.05 Å². The molecular formula is C13H13N4S+. The lowest BCUT2D eigenvalue weighted by Crippen LogP contribution is -2.12. The number of nitrogen functional groups attached to an aromatic ring is 1. The second-order valence-electron chi connectivity index (χ2n) is 4.16. The zero-order chi connectivity index (χ0) is 12.7. The predicted octanol–water partition coefficient (Wildman–Crippen LogP) is 1.78. The Morgan fingerprint density at radius 1 is 1.33 bits per heavy atom. The topological polar surface area (TPSA) is 58.9 Å². The Kier molecular flexibility index (Phi) is 2.41. The molecule has 0 radical (unpaired) electrons. The molecule has 2 aromatic heterocycles. The summed E-state index contributed by atoms with van der Waals surface area (Å²) in [6.45, 7) is 0. The number of fused-ring (bicyclic) bond motifs is 1. The first kappa shape index (κ1) is 11.0. The maximum absolute atomic E-state index is 7.39. The molecule has 0 unspecified atom stereocenters. The molecule has 0 aliphatic heterocycles. The van der Waals surface area contributed by atoms with E-state index in [1.165, 1.54) is 4.96 Å². The van der Waals surface area contributed by atoms with Gasteiger partial charge in [0.2, 0.25) is 0 Å². The molecule has 0 aliphatic carbocycles. The largest absolute Gasteiger partial charge is 0.384 e. The van der Waals surface area contributed by atoms with Crippen molar-refractivity contribution < 1.29 is 4.40 Å². The third-order valence-corrected chi connectivity index (χ3v) is 3.97. The van der Waals surface area contributed by atoms with Gasteiger partial charge in [-0.1, -0.05) is 23.5 Å². The van der Waals surface area contributed by atoms with E-state index in [1.807, 2.05) is 30.5 Å². The fourth-order valence-electron chi connectivity index (χ4n) is 2.04. The molecule has 0 spiro atoms. The Morgan fingerprint density at radius 3 is 2.67 bits per heavy atom. The summed E-state index contributed by atoms with van der Waals surface area (Å²) in [5.41, 5.74) is 8.48. The fourth-order valence-corrected chi connectivity index (χ4v) is 2.85. The number of nitrogens with one attached hydrogen (secondary N) is 1. The number of aryl methyl sites for hydroxylation is 1. The average molecular weight is 257 g/mol. The van der Waals surface area contributed by atoms with Crippen LogP contribution >= 0.6 is 11.3 Å². The van der Waals surface area contributed by atoms with E-state index in [2.05, 4.69) is 27.6 Å². The molecule has 18 heavy (non-hydrogen) atoms. The van der Waals surface area contributed by atoms with Crippen molar-refractivity contribution in [3.8, 4) is 11.3 Å². The number of hydrogen-bond donors (Lipinski definition) is 2. The van der Waals surface area contributed by atoms with E-state index < -0.39 is 0 Å². The van der Waals surface area contributed by atoms with Crippen LogP contribution in [0.4, 0.5) is 0 Å². The molecule has 3 rings (SSSR count). The number of nitrogens with two attached hydrogens (primary N) is 1. The van der Waals surface area contributed by atoms with Crippen LogP contribution in [0.3, 0.4) is 0 Å². The van der Waals surface area contributed by atoms with Crippen LogP contribution in [0.2, 0.25) is 0 Å². The van der Waals surface area contributed by atoms with Gasteiger partial charge in [-0.05, 0) is 12.1 Å². The van der Waals surface area contributed by atoms with Gasteiger partial charge in [-0.2, -0.15) is 4.40 Å². The number of thiazole rings is 1. The fraction of sp³-hybridized carbons (Fsp3) is 0.0769. The van der Waals surface area contributed by atoms with Crippen LogP contribution in [0.25, 0.3) is 16.2 Å². The third kappa shape index (κ3) is 1.60. The van der Waals surface area contributed by atoms with Crippen molar-refractivity contribution >= 4 is 22.1 Å². The Balaban J connectivity index is 2.11. The summed E-state index contributed by atoms with van der Waals surface area (Å²) in [6.07, 6.45) is 4.15. The summed E-state index contributed by atoms with van der Waals surface area (Å²) in [4.78, 5) is 1.20. The van der Waals surface area contributed by atoms with Gasteiger partial charge in [-0.3, -0.25) is 5.41 Å². The van der Waals surface area contributed by atoms with Crippen molar-refractivity contribution in [3.05, 3.63) is 47.6 Å². The van der Waals surface area contributed by atoms with Gasteiger partial charge in [-0.25, -0.2) is 4.57 Å². The second-order valence-corrected chi connectivity index (χ2v) is 5.03. The lowest BCUT2D eigenvalue weighted by atomic mass is 10.1. The minimum atomic E-state index is 0.101. The van der Waals surface area contributed by atoms with Gasteiger partial charge >= 0.3 is 4.96 Å². The molecule has 5 heteroatoms. The molecule has 0 amide bonds. The molecule has 3 N–H and O–H groups in total. The van der Waals surface area contributed by atoms with E-state index in [0.29, 0.717) is 0 Å². The van der Waals surface area contributed by atoms with E-state index in [-0.39, 0.29) is 5.84 Å². The highest BCUT2D eigenvalue weighted by molar-refractivity contribution is 7.14. The van der Waals surface area contributed by atoms with E-state index >= 15 is 0 Å². The van der Waals surface area contributed by atoms with Gasteiger partial charge in [0.1, 0.15) is 18.2 Å². The minimum absolute atomic E-state index is 0.101. The number of benzene rings is 1. The Hall–Kier alpha value is -2.14. The Bertz CT molecular complexity index is 721. The molecule has 0 fully saturated rings. The molecule has 0 saturated heterocycles. The van der Waals surface area contributed by atoms with Crippen LogP contribution < -0.4 is 10.1 Å². The summed E-state index contributed by atoms with van der Waals surface area (Å²) in [7, 11) is 2.06. The lowest BCUT2D eigenvalue weighted by molar-refractivity contribution is -0.505. The van der Waals surface area contributed by atoms with Gasteiger partial charge in [0, 0.05) is 16.5 Å². The van der Waals surface area contributed by atoms with E-state index in [9.17, 15) is 0 Å². The van der Waals surface area contributed by atoms with Gasteiger partial charge in [0.15, 0.2) is 5.69 Å². The molecule has 90 valence electrons. The molecule has 4 nitrogen and oxygen atoms in total. The summed E-state index contributed by atoms with van der Waals surface area (Å²) in [5.74, 6) is 0.101. The first-order valence-corrected chi connectivity index (χ1v) is 6.44. The second kappa shape index (κ2) is 3.96. The standard InChI is InChI=1S/C13H13N4S/c1-16-11(8-17-6-7-18-13(16)17)9-2-4-10(5-3-9)12(14)15/h2-8H,1H3,(H3,14,15)/q+1. The zero-order valence-electron chi connectivity index (χ0n) is 9.92. The number of amidine groups is 1. The summed E-state index contributed by atoms with van der Waals surface area (Å²) in [5, 5.41) is 9.45. The van der Waals surface area contributed by atoms with Crippen molar-refractivity contribution in [2.24, 2.45) is 12.8 Å². The summed E-state index contributed by atoms with van der Waals surface area (Å²) < 4.78 is 4.27. The molecule has 0 atom stereocenters. The van der Waals surface area contributed by atoms with E-state index in [4.69, 9.17) is 11.1 Å². The Morgan fingerprint density at radius 2 is 2.06 bits per heavy atom. The normalized spacial score (nSPS) is 10.9. The number of rotatable bonds is 2. The highest BCUT2D eigenvalue weighted by Crippen LogP contribution is 2.21. The quantitative estimate of drug-likeness (QED) is 0.410. The highest BCUT2D eigenvalue weighted by Gasteiger charge is 2.16. The van der Waals surface area contributed by atoms with Gasteiger partial charge in [0.25, 0.3) is 0 Å². The van der Waals surface area contributed by atoms with Gasteiger partial charge < -0.3 is 5.73 Å². The van der Waals surface area contributed by atoms with Crippen molar-refractivity contribution in [3.63, 3.8) is 0 Å². The SMILES string of the molecule is Cn1c(-c2ccc(C(=N)N)cc2)c[n+]2ccsc12. The van der Waals surface area contributed by atoms with E-state index in [1.54, 1.807) is 11.3 Å². The summed E-state index contributed by atoms with van der Waals surface area (Å²) >= 11 is 1.71. The molecule has 0 saturated carbocycles. The molecule has 2 heterocycles. The number of imidazole rings is 1. The highest BCUT2D eigenvalue weighted by atomic mass is 32.1. The van der Waals surface area contributed by atoms with Crippen molar-refractivity contribution in [2.45, 2.75) is 0 Å². The average Bonchev–Trinajstić information content (AvgIpc) is 2.93.